The quantitative estimate of drug-likeness (QED) is 0.796. The van der Waals surface area contributed by atoms with E-state index in [0.29, 0.717) is 13.0 Å². The molecule has 0 N–H and O–H groups in total. The minimum Gasteiger partial charge on any atom is -0.335 e. The number of hydrogen-bond acceptors (Lipinski definition) is 3. The predicted octanol–water partition coefficient (Wildman–Crippen LogP) is 3.53. The summed E-state index contributed by atoms with van der Waals surface area (Å²) in [5.41, 5.74) is 0.200. The van der Waals surface area contributed by atoms with Gasteiger partial charge in [-0.05, 0) is 36.8 Å². The summed E-state index contributed by atoms with van der Waals surface area (Å²) in [4.78, 5) is 28.1. The van der Waals surface area contributed by atoms with Gasteiger partial charge in [0.05, 0.1) is 11.4 Å². The van der Waals surface area contributed by atoms with Gasteiger partial charge in [0.1, 0.15) is 0 Å². The molecule has 0 spiro atoms. The lowest BCUT2D eigenvalue weighted by atomic mass is 9.85. The van der Waals surface area contributed by atoms with Crippen LogP contribution in [0, 0.1) is 5.41 Å². The van der Waals surface area contributed by atoms with Crippen molar-refractivity contribution in [2.24, 2.45) is 5.41 Å². The van der Waals surface area contributed by atoms with Crippen LogP contribution in [-0.2, 0) is 11.2 Å². The molecule has 1 amide bonds. The first-order chi connectivity index (χ1) is 9.41. The fourth-order valence-electron chi connectivity index (χ4n) is 2.43. The zero-order valence-corrected chi connectivity index (χ0v) is 13.4. The summed E-state index contributed by atoms with van der Waals surface area (Å²) in [6, 6.07) is 3.89. The highest BCUT2D eigenvalue weighted by Crippen LogP contribution is 2.30. The Morgan fingerprint density at radius 2 is 2.10 bits per heavy atom. The van der Waals surface area contributed by atoms with Crippen LogP contribution < -0.4 is 0 Å². The topological polar surface area (TPSA) is 37.4 Å². The van der Waals surface area contributed by atoms with Crippen LogP contribution in [0.4, 0.5) is 0 Å². The molecule has 20 heavy (non-hydrogen) atoms. The summed E-state index contributed by atoms with van der Waals surface area (Å²) in [7, 11) is 0. The molecule has 1 aromatic rings. The maximum Gasteiger partial charge on any atom is 0.222 e. The fourth-order valence-corrected chi connectivity index (χ4v) is 3.30. The number of carbonyl (C=O) groups excluding carboxylic acids is 2. The number of aryl methyl sites for hydroxylation is 1. The zero-order chi connectivity index (χ0) is 14.8. The summed E-state index contributed by atoms with van der Waals surface area (Å²) in [5.74, 6) is 0.193. The summed E-state index contributed by atoms with van der Waals surface area (Å²) < 4.78 is 0. The highest BCUT2D eigenvalue weighted by Gasteiger charge is 2.28. The zero-order valence-electron chi connectivity index (χ0n) is 12.6. The first-order valence-corrected chi connectivity index (χ1v) is 8.12. The van der Waals surface area contributed by atoms with Gasteiger partial charge < -0.3 is 4.90 Å². The third-order valence-corrected chi connectivity index (χ3v) is 5.32. The Balaban J connectivity index is 2.01. The van der Waals surface area contributed by atoms with E-state index in [1.807, 2.05) is 12.1 Å². The van der Waals surface area contributed by atoms with Gasteiger partial charge in [0.15, 0.2) is 5.78 Å². The van der Waals surface area contributed by atoms with Crippen molar-refractivity contribution in [1.29, 1.82) is 0 Å². The number of carbonyl (C=O) groups is 2. The van der Waals surface area contributed by atoms with E-state index in [4.69, 9.17) is 0 Å². The van der Waals surface area contributed by atoms with Gasteiger partial charge in [0.25, 0.3) is 0 Å². The largest absolute Gasteiger partial charge is 0.335 e. The maximum atomic E-state index is 12.3. The predicted molar refractivity (Wildman–Crippen MR) is 82.2 cm³/mol. The number of amides is 1. The number of likely N-dealkylation sites (tertiary alicyclic amines) is 1. The molecule has 1 aliphatic rings. The molecule has 1 fully saturated rings. The van der Waals surface area contributed by atoms with Gasteiger partial charge in [-0.3, -0.25) is 9.59 Å². The third kappa shape index (κ3) is 3.69. The van der Waals surface area contributed by atoms with Crippen LogP contribution in [0.25, 0.3) is 0 Å². The van der Waals surface area contributed by atoms with E-state index < -0.39 is 0 Å². The van der Waals surface area contributed by atoms with E-state index in [2.05, 4.69) is 20.8 Å². The Bertz CT molecular complexity index is 504. The highest BCUT2D eigenvalue weighted by molar-refractivity contribution is 7.14. The molecule has 110 valence electrons. The van der Waals surface area contributed by atoms with Gasteiger partial charge in [-0.1, -0.05) is 20.8 Å². The first-order valence-electron chi connectivity index (χ1n) is 7.31. The van der Waals surface area contributed by atoms with E-state index in [1.54, 1.807) is 16.2 Å². The third-order valence-electron chi connectivity index (χ3n) is 4.05. The normalized spacial score (nSPS) is 18.9. The summed E-state index contributed by atoms with van der Waals surface area (Å²) in [6.07, 6.45) is 3.39. The second-order valence-corrected chi connectivity index (χ2v) is 7.44. The number of rotatable bonds is 4. The lowest BCUT2D eigenvalue weighted by Gasteiger charge is -2.22. The molecule has 4 heteroatoms. The van der Waals surface area contributed by atoms with Crippen LogP contribution in [0.5, 0.6) is 0 Å². The lowest BCUT2D eigenvalue weighted by molar-refractivity contribution is -0.130. The highest BCUT2D eigenvalue weighted by atomic mass is 32.1. The Hall–Kier alpha value is -1.16. The lowest BCUT2D eigenvalue weighted by Crippen LogP contribution is -2.35. The van der Waals surface area contributed by atoms with Gasteiger partial charge in [0, 0.05) is 17.8 Å². The fraction of sp³-hybridized carbons (Fsp3) is 0.625. The molecule has 0 aliphatic carbocycles. The van der Waals surface area contributed by atoms with Gasteiger partial charge >= 0.3 is 0 Å². The average molecular weight is 293 g/mol. The molecule has 3 nitrogen and oxygen atoms in total. The SMILES string of the molecule is CCc1ccc(C(=O)CN2CCC(C)(C)CCC2=O)s1. The van der Waals surface area contributed by atoms with Crippen LogP contribution in [-0.4, -0.2) is 29.7 Å². The molecule has 1 aromatic heterocycles. The monoisotopic (exact) mass is 293 g/mol. The molecule has 1 saturated heterocycles. The van der Waals surface area contributed by atoms with Gasteiger partial charge in [-0.25, -0.2) is 0 Å². The van der Waals surface area contributed by atoms with E-state index in [1.165, 1.54) is 4.88 Å². The van der Waals surface area contributed by atoms with E-state index in [-0.39, 0.29) is 23.7 Å². The number of hydrogen-bond donors (Lipinski definition) is 0. The van der Waals surface area contributed by atoms with Crippen molar-refractivity contribution in [2.45, 2.75) is 46.5 Å². The molecule has 2 heterocycles. The standard InChI is InChI=1S/C16H23NO2S/c1-4-12-5-6-14(20-12)13(18)11-17-10-9-16(2,3)8-7-15(17)19/h5-6H,4,7-11H2,1-3H3. The van der Waals surface area contributed by atoms with Crippen molar-refractivity contribution < 1.29 is 9.59 Å². The van der Waals surface area contributed by atoms with Crippen molar-refractivity contribution in [3.8, 4) is 0 Å². The van der Waals surface area contributed by atoms with Crippen LogP contribution in [0.3, 0.4) is 0 Å². The number of nitrogens with zero attached hydrogens (tertiary/aromatic N) is 1. The molecule has 0 atom stereocenters. The van der Waals surface area contributed by atoms with Crippen molar-refractivity contribution in [1.82, 2.24) is 4.90 Å². The summed E-state index contributed by atoms with van der Waals surface area (Å²) >= 11 is 1.55. The summed E-state index contributed by atoms with van der Waals surface area (Å²) in [5, 5.41) is 0. The van der Waals surface area contributed by atoms with Crippen LogP contribution in [0.15, 0.2) is 12.1 Å². The molecular weight excluding hydrogens is 270 g/mol. The second kappa shape index (κ2) is 6.08. The van der Waals surface area contributed by atoms with Crippen LogP contribution in [0.1, 0.15) is 54.6 Å². The molecule has 0 aromatic carbocycles. The van der Waals surface area contributed by atoms with E-state index >= 15 is 0 Å². The smallest absolute Gasteiger partial charge is 0.222 e. The Morgan fingerprint density at radius 3 is 2.75 bits per heavy atom. The number of Topliss-reactive ketones (excluding diaryl/α,β-unsaturated/α-hetero) is 1. The van der Waals surface area contributed by atoms with Crippen molar-refractivity contribution in [2.75, 3.05) is 13.1 Å². The van der Waals surface area contributed by atoms with Crippen molar-refractivity contribution in [3.05, 3.63) is 21.9 Å². The maximum absolute atomic E-state index is 12.3. The molecule has 0 saturated carbocycles. The van der Waals surface area contributed by atoms with Crippen molar-refractivity contribution in [3.63, 3.8) is 0 Å². The van der Waals surface area contributed by atoms with E-state index in [0.717, 1.165) is 24.1 Å². The number of thiophene rings is 1. The Kier molecular flexibility index (Phi) is 4.63. The summed E-state index contributed by atoms with van der Waals surface area (Å²) in [6.45, 7) is 7.40. The average Bonchev–Trinajstić information content (AvgIpc) is 2.85. The molecule has 2 rings (SSSR count). The minimum absolute atomic E-state index is 0.0720. The van der Waals surface area contributed by atoms with Gasteiger partial charge in [-0.2, -0.15) is 0 Å². The second-order valence-electron chi connectivity index (χ2n) is 6.27. The Morgan fingerprint density at radius 1 is 1.35 bits per heavy atom. The van der Waals surface area contributed by atoms with Gasteiger partial charge in [0.2, 0.25) is 5.91 Å². The molecular formula is C16H23NO2S. The van der Waals surface area contributed by atoms with E-state index in [9.17, 15) is 9.59 Å². The molecule has 0 radical (unpaired) electrons. The van der Waals surface area contributed by atoms with Crippen molar-refractivity contribution >= 4 is 23.0 Å². The molecule has 0 bridgehead atoms. The Labute approximate surface area is 125 Å². The number of ketones is 1. The molecule has 0 unspecified atom stereocenters. The van der Waals surface area contributed by atoms with Gasteiger partial charge in [-0.15, -0.1) is 11.3 Å². The van der Waals surface area contributed by atoms with Crippen LogP contribution >= 0.6 is 11.3 Å². The first kappa shape index (κ1) is 15.2. The molecule has 1 aliphatic heterocycles. The van der Waals surface area contributed by atoms with Crippen LogP contribution in [0.2, 0.25) is 0 Å². The minimum atomic E-state index is 0.0720.